The number of ether oxygens (including phenoxy) is 2. The minimum atomic E-state index is -0.778. The van der Waals surface area contributed by atoms with Gasteiger partial charge in [-0.05, 0) is 47.7 Å². The fourth-order valence-electron chi connectivity index (χ4n) is 2.53. The average Bonchev–Trinajstić information content (AvgIpc) is 2.96. The molecule has 0 aromatic heterocycles. The molecule has 3 amide bonds. The number of hydrogen-bond donors (Lipinski definition) is 1. The molecule has 1 heterocycles. The van der Waals surface area contributed by atoms with Crippen molar-refractivity contribution in [3.63, 3.8) is 0 Å². The van der Waals surface area contributed by atoms with Gasteiger partial charge < -0.3 is 15.2 Å². The molecule has 0 spiro atoms. The fraction of sp³-hybridized carbons (Fsp3) is 0.100. The largest absolute Gasteiger partial charge is 0.493 e. The Morgan fingerprint density at radius 3 is 2.48 bits per heavy atom. The molecule has 3 rings (SSSR count). The van der Waals surface area contributed by atoms with Crippen LogP contribution in [-0.4, -0.2) is 41.6 Å². The number of carbonyl (C=O) groups is 4. The number of hydrogen-bond acceptors (Lipinski definition) is 7. The molecule has 29 heavy (non-hydrogen) atoms. The fourth-order valence-corrected chi connectivity index (χ4v) is 3.37. The molecule has 0 unspecified atom stereocenters. The summed E-state index contributed by atoms with van der Waals surface area (Å²) in [4.78, 5) is 48.4. The zero-order chi connectivity index (χ0) is 21.0. The second-order valence-electron chi connectivity index (χ2n) is 5.90. The van der Waals surface area contributed by atoms with Crippen LogP contribution in [-0.2, 0) is 9.59 Å². The Morgan fingerprint density at radius 2 is 1.83 bits per heavy atom. The molecule has 2 aromatic carbocycles. The van der Waals surface area contributed by atoms with E-state index in [4.69, 9.17) is 15.2 Å². The predicted octanol–water partition coefficient (Wildman–Crippen LogP) is 2.44. The summed E-state index contributed by atoms with van der Waals surface area (Å²) in [6.07, 6.45) is 1.48. The number of methoxy groups -OCH3 is 1. The van der Waals surface area contributed by atoms with Gasteiger partial charge in [-0.25, -0.2) is 4.79 Å². The van der Waals surface area contributed by atoms with Gasteiger partial charge in [-0.3, -0.25) is 19.3 Å². The van der Waals surface area contributed by atoms with Crippen LogP contribution >= 0.6 is 11.8 Å². The highest BCUT2D eigenvalue weighted by Gasteiger charge is 2.35. The second-order valence-corrected chi connectivity index (χ2v) is 6.89. The van der Waals surface area contributed by atoms with Crippen molar-refractivity contribution in [3.8, 4) is 11.5 Å². The van der Waals surface area contributed by atoms with E-state index in [2.05, 4.69) is 0 Å². The summed E-state index contributed by atoms with van der Waals surface area (Å²) in [5.74, 6) is -1.43. The maximum absolute atomic E-state index is 12.3. The predicted molar refractivity (Wildman–Crippen MR) is 106 cm³/mol. The Kier molecular flexibility index (Phi) is 5.99. The number of nitrogens with zero attached hydrogens (tertiary/aromatic N) is 1. The van der Waals surface area contributed by atoms with E-state index in [1.807, 2.05) is 0 Å². The molecule has 1 saturated heterocycles. The Balaban J connectivity index is 1.81. The van der Waals surface area contributed by atoms with Crippen LogP contribution in [0.2, 0.25) is 0 Å². The summed E-state index contributed by atoms with van der Waals surface area (Å²) in [6.45, 7) is -0.473. The van der Waals surface area contributed by atoms with E-state index >= 15 is 0 Å². The molecule has 1 fully saturated rings. The summed E-state index contributed by atoms with van der Waals surface area (Å²) < 4.78 is 10.6. The quantitative estimate of drug-likeness (QED) is 0.440. The summed E-state index contributed by atoms with van der Waals surface area (Å²) >= 11 is 0.709. The van der Waals surface area contributed by atoms with E-state index in [9.17, 15) is 19.2 Å². The van der Waals surface area contributed by atoms with Gasteiger partial charge in [0, 0.05) is 0 Å². The van der Waals surface area contributed by atoms with Crippen LogP contribution in [0.5, 0.6) is 11.5 Å². The first-order valence-electron chi connectivity index (χ1n) is 8.38. The first-order chi connectivity index (χ1) is 13.9. The lowest BCUT2D eigenvalue weighted by Crippen LogP contribution is -2.36. The van der Waals surface area contributed by atoms with E-state index in [1.165, 1.54) is 19.3 Å². The van der Waals surface area contributed by atoms with Crippen molar-refractivity contribution in [2.24, 2.45) is 5.73 Å². The molecular formula is C20H16N2O6S. The average molecular weight is 412 g/mol. The molecular weight excluding hydrogens is 396 g/mol. The van der Waals surface area contributed by atoms with Crippen molar-refractivity contribution in [2.45, 2.75) is 0 Å². The number of imide groups is 1. The Labute approximate surface area is 170 Å². The molecule has 0 aliphatic carbocycles. The van der Waals surface area contributed by atoms with Crippen LogP contribution in [0.25, 0.3) is 6.08 Å². The minimum absolute atomic E-state index is 0.146. The Hall–Kier alpha value is -3.59. The van der Waals surface area contributed by atoms with Crippen molar-refractivity contribution in [1.82, 2.24) is 4.90 Å². The monoisotopic (exact) mass is 412 g/mol. The molecule has 0 atom stereocenters. The highest BCUT2D eigenvalue weighted by molar-refractivity contribution is 8.18. The van der Waals surface area contributed by atoms with Gasteiger partial charge in [-0.2, -0.15) is 0 Å². The van der Waals surface area contributed by atoms with Gasteiger partial charge in [0.25, 0.3) is 11.1 Å². The molecule has 0 saturated carbocycles. The SMILES string of the molecule is COc1cc(/C=C2\SC(=O)N(CC(N)=O)C2=O)ccc1OC(=O)c1ccccc1. The van der Waals surface area contributed by atoms with E-state index in [0.29, 0.717) is 22.9 Å². The summed E-state index contributed by atoms with van der Waals surface area (Å²) in [5, 5.41) is -0.569. The van der Waals surface area contributed by atoms with Crippen molar-refractivity contribution in [2.75, 3.05) is 13.7 Å². The number of rotatable bonds is 6. The highest BCUT2D eigenvalue weighted by Crippen LogP contribution is 2.34. The smallest absolute Gasteiger partial charge is 0.343 e. The zero-order valence-corrected chi connectivity index (χ0v) is 16.1. The number of benzene rings is 2. The van der Waals surface area contributed by atoms with E-state index in [1.54, 1.807) is 42.5 Å². The van der Waals surface area contributed by atoms with Gasteiger partial charge in [-0.15, -0.1) is 0 Å². The molecule has 2 aromatic rings. The van der Waals surface area contributed by atoms with Gasteiger partial charge >= 0.3 is 5.97 Å². The normalized spacial score (nSPS) is 14.9. The minimum Gasteiger partial charge on any atom is -0.493 e. The number of thioether (sulfide) groups is 1. The molecule has 1 aliphatic heterocycles. The third-order valence-corrected chi connectivity index (χ3v) is 4.79. The zero-order valence-electron chi connectivity index (χ0n) is 15.3. The van der Waals surface area contributed by atoms with Crippen LogP contribution in [0.3, 0.4) is 0 Å². The van der Waals surface area contributed by atoms with Gasteiger partial charge in [-0.1, -0.05) is 24.3 Å². The molecule has 1 aliphatic rings. The van der Waals surface area contributed by atoms with Crippen LogP contribution in [0.1, 0.15) is 15.9 Å². The molecule has 0 bridgehead atoms. The van der Waals surface area contributed by atoms with Gasteiger partial charge in [0.15, 0.2) is 11.5 Å². The van der Waals surface area contributed by atoms with Crippen molar-refractivity contribution in [3.05, 3.63) is 64.6 Å². The Bertz CT molecular complexity index is 1020. The standard InChI is InChI=1S/C20H16N2O6S/c1-27-15-9-12(10-16-18(24)22(11-17(21)23)20(26)29-16)7-8-14(15)28-19(25)13-5-3-2-4-6-13/h2-10H,11H2,1H3,(H2,21,23)/b16-10-. The number of primary amides is 1. The molecule has 9 heteroatoms. The van der Waals surface area contributed by atoms with Crippen molar-refractivity contribution < 1.29 is 28.7 Å². The lowest BCUT2D eigenvalue weighted by Gasteiger charge is -2.10. The summed E-state index contributed by atoms with van der Waals surface area (Å²) in [6, 6.07) is 13.2. The Morgan fingerprint density at radius 1 is 1.10 bits per heavy atom. The maximum Gasteiger partial charge on any atom is 0.343 e. The molecule has 8 nitrogen and oxygen atoms in total. The number of nitrogens with two attached hydrogens (primary N) is 1. The van der Waals surface area contributed by atoms with Gasteiger partial charge in [0.05, 0.1) is 17.6 Å². The molecule has 2 N–H and O–H groups in total. The summed E-state index contributed by atoms with van der Waals surface area (Å²) in [7, 11) is 1.42. The third kappa shape index (κ3) is 4.64. The first-order valence-corrected chi connectivity index (χ1v) is 9.19. The molecule has 0 radical (unpaired) electrons. The van der Waals surface area contributed by atoms with Crippen LogP contribution in [0.4, 0.5) is 4.79 Å². The maximum atomic E-state index is 12.3. The van der Waals surface area contributed by atoms with Crippen molar-refractivity contribution >= 4 is 40.9 Å². The lowest BCUT2D eigenvalue weighted by molar-refractivity contribution is -0.127. The number of carbonyl (C=O) groups excluding carboxylic acids is 4. The summed E-state index contributed by atoms with van der Waals surface area (Å²) in [5.41, 5.74) is 6.00. The number of amides is 3. The highest BCUT2D eigenvalue weighted by atomic mass is 32.2. The van der Waals surface area contributed by atoms with Gasteiger partial charge in [0.1, 0.15) is 6.54 Å². The van der Waals surface area contributed by atoms with Gasteiger partial charge in [0.2, 0.25) is 5.91 Å². The van der Waals surface area contributed by atoms with Crippen LogP contribution < -0.4 is 15.2 Å². The van der Waals surface area contributed by atoms with E-state index in [0.717, 1.165) is 4.90 Å². The van der Waals surface area contributed by atoms with Crippen molar-refractivity contribution in [1.29, 1.82) is 0 Å². The third-order valence-electron chi connectivity index (χ3n) is 3.89. The van der Waals surface area contributed by atoms with Crippen LogP contribution in [0, 0.1) is 0 Å². The lowest BCUT2D eigenvalue weighted by atomic mass is 10.1. The van der Waals surface area contributed by atoms with Crippen LogP contribution in [0.15, 0.2) is 53.4 Å². The first kappa shape index (κ1) is 20.2. The molecule has 148 valence electrons. The van der Waals surface area contributed by atoms with E-state index < -0.39 is 29.6 Å². The topological polar surface area (TPSA) is 116 Å². The van der Waals surface area contributed by atoms with E-state index in [-0.39, 0.29) is 16.4 Å². The second kappa shape index (κ2) is 8.61. The number of esters is 1.